The smallest absolute Gasteiger partial charge is 0.229 e. The molecule has 1 aliphatic heterocycles. The van der Waals surface area contributed by atoms with E-state index in [4.69, 9.17) is 9.47 Å². The first kappa shape index (κ1) is 18.2. The van der Waals surface area contributed by atoms with Crippen molar-refractivity contribution in [1.29, 1.82) is 0 Å². The molecule has 0 radical (unpaired) electrons. The first-order valence-corrected chi connectivity index (χ1v) is 8.30. The van der Waals surface area contributed by atoms with E-state index in [9.17, 15) is 25.5 Å². The lowest BCUT2D eigenvalue weighted by Crippen LogP contribution is -2.60. The van der Waals surface area contributed by atoms with Crippen LogP contribution in [-0.4, -0.2) is 62.8 Å². The molecule has 1 fully saturated rings. The SMILES string of the molecule is CC1=CCc2c(O)cc(C)c(OC3OC(CO)C(O)C(O)C3O)c2C1. The number of benzene rings is 1. The molecule has 25 heavy (non-hydrogen) atoms. The summed E-state index contributed by atoms with van der Waals surface area (Å²) in [5.74, 6) is 0.669. The topological polar surface area (TPSA) is 120 Å². The van der Waals surface area contributed by atoms with Gasteiger partial charge in [0.1, 0.15) is 35.9 Å². The van der Waals surface area contributed by atoms with E-state index in [-0.39, 0.29) is 5.75 Å². The number of allylic oxidation sites excluding steroid dienone is 2. The lowest BCUT2D eigenvalue weighted by atomic mass is 9.89. The van der Waals surface area contributed by atoms with Crippen LogP contribution in [0, 0.1) is 6.92 Å². The number of ether oxygens (including phenoxy) is 2. The highest BCUT2D eigenvalue weighted by atomic mass is 16.7. The van der Waals surface area contributed by atoms with Crippen LogP contribution in [0.4, 0.5) is 0 Å². The molecule has 0 bridgehead atoms. The van der Waals surface area contributed by atoms with Gasteiger partial charge in [-0.15, -0.1) is 0 Å². The van der Waals surface area contributed by atoms with Crippen LogP contribution in [0.5, 0.6) is 11.5 Å². The summed E-state index contributed by atoms with van der Waals surface area (Å²) in [5.41, 5.74) is 3.38. The molecule has 0 spiro atoms. The Kier molecular flexibility index (Phi) is 5.04. The first-order valence-electron chi connectivity index (χ1n) is 8.30. The average molecular weight is 352 g/mol. The fourth-order valence-electron chi connectivity index (χ4n) is 3.37. The number of fused-ring (bicyclic) bond motifs is 1. The number of aromatic hydroxyl groups is 1. The standard InChI is InChI=1S/C18H24O7/c1-8-3-4-10-11(5-8)17(9(2)6-12(10)20)25-18-16(23)15(22)14(21)13(7-19)24-18/h3,6,13-16,18-23H,4-5,7H2,1-2H3. The predicted octanol–water partition coefficient (Wildman–Crippen LogP) is -0.0758. The van der Waals surface area contributed by atoms with Crippen LogP contribution in [-0.2, 0) is 17.6 Å². The molecule has 5 unspecified atom stereocenters. The van der Waals surface area contributed by atoms with Gasteiger partial charge in [0.15, 0.2) is 0 Å². The Labute approximate surface area is 145 Å². The molecule has 1 saturated heterocycles. The maximum absolute atomic E-state index is 10.2. The Balaban J connectivity index is 1.93. The van der Waals surface area contributed by atoms with E-state index in [1.165, 1.54) is 0 Å². The molecular weight excluding hydrogens is 328 g/mol. The van der Waals surface area contributed by atoms with Crippen molar-refractivity contribution in [3.8, 4) is 11.5 Å². The van der Waals surface area contributed by atoms with E-state index in [0.717, 1.165) is 16.7 Å². The van der Waals surface area contributed by atoms with Gasteiger partial charge in [-0.05, 0) is 38.3 Å². The van der Waals surface area contributed by atoms with Crippen molar-refractivity contribution in [2.45, 2.75) is 57.4 Å². The molecule has 5 N–H and O–H groups in total. The minimum Gasteiger partial charge on any atom is -0.508 e. The highest BCUT2D eigenvalue weighted by Crippen LogP contribution is 2.39. The quantitative estimate of drug-likeness (QED) is 0.483. The minimum absolute atomic E-state index is 0.192. The third-order valence-corrected chi connectivity index (χ3v) is 4.85. The molecule has 1 heterocycles. The number of rotatable bonds is 3. The van der Waals surface area contributed by atoms with E-state index in [1.807, 2.05) is 13.0 Å². The maximum atomic E-state index is 10.2. The van der Waals surface area contributed by atoms with Gasteiger partial charge in [0.05, 0.1) is 6.61 Å². The molecule has 3 rings (SSSR count). The molecule has 0 saturated carbocycles. The van der Waals surface area contributed by atoms with Gasteiger partial charge in [-0.1, -0.05) is 11.6 Å². The van der Waals surface area contributed by atoms with Crippen molar-refractivity contribution in [3.05, 3.63) is 34.4 Å². The summed E-state index contributed by atoms with van der Waals surface area (Å²) >= 11 is 0. The fourth-order valence-corrected chi connectivity index (χ4v) is 3.37. The van der Waals surface area contributed by atoms with Crippen LogP contribution in [0.15, 0.2) is 17.7 Å². The number of aliphatic hydroxyl groups excluding tert-OH is 4. The summed E-state index contributed by atoms with van der Waals surface area (Å²) in [4.78, 5) is 0. The van der Waals surface area contributed by atoms with Crippen molar-refractivity contribution in [3.63, 3.8) is 0 Å². The Hall–Kier alpha value is -1.64. The van der Waals surface area contributed by atoms with Crippen LogP contribution in [0.25, 0.3) is 0 Å². The summed E-state index contributed by atoms with van der Waals surface area (Å²) in [7, 11) is 0. The number of phenols is 1. The van der Waals surface area contributed by atoms with Crippen molar-refractivity contribution in [2.75, 3.05) is 6.61 Å². The molecule has 1 aromatic rings. The lowest BCUT2D eigenvalue weighted by molar-refractivity contribution is -0.277. The largest absolute Gasteiger partial charge is 0.508 e. The monoisotopic (exact) mass is 352 g/mol. The normalized spacial score (nSPS) is 32.1. The molecule has 7 nitrogen and oxygen atoms in total. The number of aliphatic hydroxyl groups is 4. The molecule has 0 aromatic heterocycles. The first-order chi connectivity index (χ1) is 11.8. The highest BCUT2D eigenvalue weighted by Gasteiger charge is 2.45. The van der Waals surface area contributed by atoms with Crippen molar-refractivity contribution < 1.29 is 35.0 Å². The van der Waals surface area contributed by atoms with Crippen LogP contribution in [0.3, 0.4) is 0 Å². The summed E-state index contributed by atoms with van der Waals surface area (Å²) in [6.45, 7) is 3.24. The summed E-state index contributed by atoms with van der Waals surface area (Å²) < 4.78 is 11.3. The van der Waals surface area contributed by atoms with Gasteiger partial charge in [0.2, 0.25) is 6.29 Å². The molecule has 2 aliphatic rings. The predicted molar refractivity (Wildman–Crippen MR) is 88.4 cm³/mol. The zero-order chi connectivity index (χ0) is 18.3. The number of hydrogen-bond acceptors (Lipinski definition) is 7. The van der Waals surface area contributed by atoms with Gasteiger partial charge >= 0.3 is 0 Å². The highest BCUT2D eigenvalue weighted by molar-refractivity contribution is 5.56. The molecule has 1 aromatic carbocycles. The summed E-state index contributed by atoms with van der Waals surface area (Å²) in [6, 6.07) is 1.59. The second-order valence-electron chi connectivity index (χ2n) is 6.75. The maximum Gasteiger partial charge on any atom is 0.229 e. The van der Waals surface area contributed by atoms with E-state index >= 15 is 0 Å². The molecule has 7 heteroatoms. The third kappa shape index (κ3) is 3.26. The summed E-state index contributed by atoms with van der Waals surface area (Å²) in [5, 5.41) is 49.5. The van der Waals surface area contributed by atoms with Crippen LogP contribution in [0.1, 0.15) is 23.6 Å². The Bertz CT molecular complexity index is 682. The van der Waals surface area contributed by atoms with Gasteiger partial charge < -0.3 is 35.0 Å². The molecule has 5 atom stereocenters. The third-order valence-electron chi connectivity index (χ3n) is 4.85. The Morgan fingerprint density at radius 1 is 1.12 bits per heavy atom. The van der Waals surface area contributed by atoms with Gasteiger partial charge in [0.25, 0.3) is 0 Å². The zero-order valence-corrected chi connectivity index (χ0v) is 14.2. The second-order valence-corrected chi connectivity index (χ2v) is 6.75. The molecule has 0 amide bonds. The van der Waals surface area contributed by atoms with E-state index < -0.39 is 37.3 Å². The van der Waals surface area contributed by atoms with Gasteiger partial charge in [-0.2, -0.15) is 0 Å². The van der Waals surface area contributed by atoms with Crippen molar-refractivity contribution in [2.24, 2.45) is 0 Å². The Morgan fingerprint density at radius 2 is 1.84 bits per heavy atom. The van der Waals surface area contributed by atoms with Crippen LogP contribution >= 0.6 is 0 Å². The minimum atomic E-state index is -1.49. The zero-order valence-electron chi connectivity index (χ0n) is 14.2. The fraction of sp³-hybridized carbons (Fsp3) is 0.556. The van der Waals surface area contributed by atoms with Gasteiger partial charge in [-0.25, -0.2) is 0 Å². The Morgan fingerprint density at radius 3 is 2.52 bits per heavy atom. The van der Waals surface area contributed by atoms with Crippen LogP contribution < -0.4 is 4.74 Å². The van der Waals surface area contributed by atoms with E-state index in [1.54, 1.807) is 13.0 Å². The van der Waals surface area contributed by atoms with Gasteiger partial charge in [-0.3, -0.25) is 0 Å². The number of hydrogen-bond donors (Lipinski definition) is 5. The van der Waals surface area contributed by atoms with Crippen LogP contribution in [0.2, 0.25) is 0 Å². The number of phenolic OH excluding ortho intramolecular Hbond substituents is 1. The molecule has 138 valence electrons. The number of aryl methyl sites for hydroxylation is 1. The van der Waals surface area contributed by atoms with Crippen molar-refractivity contribution in [1.82, 2.24) is 0 Å². The van der Waals surface area contributed by atoms with E-state index in [2.05, 4.69) is 0 Å². The average Bonchev–Trinajstić information content (AvgIpc) is 2.58. The second kappa shape index (κ2) is 6.93. The summed E-state index contributed by atoms with van der Waals surface area (Å²) in [6.07, 6.45) is -3.45. The lowest BCUT2D eigenvalue weighted by Gasteiger charge is -2.40. The van der Waals surface area contributed by atoms with E-state index in [0.29, 0.717) is 24.2 Å². The van der Waals surface area contributed by atoms with Crippen molar-refractivity contribution >= 4 is 0 Å². The van der Waals surface area contributed by atoms with Gasteiger partial charge in [0, 0.05) is 11.1 Å². The molecule has 1 aliphatic carbocycles. The molecular formula is C18H24O7.